The Morgan fingerprint density at radius 2 is 1.84 bits per heavy atom. The first-order chi connectivity index (χ1) is 12.0. The molecule has 0 radical (unpaired) electrons. The Bertz CT molecular complexity index is 864. The third-order valence-corrected chi connectivity index (χ3v) is 4.33. The van der Waals surface area contributed by atoms with Crippen LogP contribution >= 0.6 is 0 Å². The summed E-state index contributed by atoms with van der Waals surface area (Å²) in [5.74, 6) is -0.0663. The number of nitrogens with one attached hydrogen (secondary N) is 1. The Morgan fingerprint density at radius 1 is 1.08 bits per heavy atom. The maximum Gasteiger partial charge on any atom is 0.268 e. The number of rotatable bonds is 5. The van der Waals surface area contributed by atoms with Crippen molar-refractivity contribution < 1.29 is 4.79 Å². The molecule has 25 heavy (non-hydrogen) atoms. The molecule has 0 fully saturated rings. The zero-order valence-corrected chi connectivity index (χ0v) is 14.9. The van der Waals surface area contributed by atoms with E-state index in [1.165, 1.54) is 11.1 Å². The van der Waals surface area contributed by atoms with E-state index in [9.17, 15) is 4.79 Å². The number of hydrogen-bond donors (Lipinski definition) is 1. The maximum atomic E-state index is 12.8. The van der Waals surface area contributed by atoms with Crippen LogP contribution in [0.25, 0.3) is 0 Å². The number of pyridine rings is 1. The molecule has 3 aromatic rings. The van der Waals surface area contributed by atoms with E-state index in [0.717, 1.165) is 17.0 Å². The van der Waals surface area contributed by atoms with Crippen molar-refractivity contribution in [2.24, 2.45) is 0 Å². The van der Waals surface area contributed by atoms with Crippen LogP contribution < -0.4 is 5.32 Å². The highest BCUT2D eigenvalue weighted by atomic mass is 16.1. The van der Waals surface area contributed by atoms with Gasteiger partial charge < -0.3 is 9.88 Å². The monoisotopic (exact) mass is 333 g/mol. The summed E-state index contributed by atoms with van der Waals surface area (Å²) < 4.78 is 2.08. The lowest BCUT2D eigenvalue weighted by Gasteiger charge is -2.13. The third-order valence-electron chi connectivity index (χ3n) is 4.33. The van der Waals surface area contributed by atoms with Gasteiger partial charge in [0, 0.05) is 18.4 Å². The summed E-state index contributed by atoms with van der Waals surface area (Å²) >= 11 is 0. The second-order valence-corrected chi connectivity index (χ2v) is 6.39. The van der Waals surface area contributed by atoms with Crippen LogP contribution in [0.3, 0.4) is 0 Å². The molecule has 0 saturated carbocycles. The SMILES string of the molecule is Cc1ccc(Cn2c(C)cc(C)c2C(=O)NCc2ccccn2)cc1. The third kappa shape index (κ3) is 3.97. The van der Waals surface area contributed by atoms with E-state index >= 15 is 0 Å². The fraction of sp³-hybridized carbons (Fsp3) is 0.238. The highest BCUT2D eigenvalue weighted by Crippen LogP contribution is 2.18. The van der Waals surface area contributed by atoms with Gasteiger partial charge >= 0.3 is 0 Å². The fourth-order valence-electron chi connectivity index (χ4n) is 2.99. The largest absolute Gasteiger partial charge is 0.345 e. The van der Waals surface area contributed by atoms with Gasteiger partial charge in [-0.3, -0.25) is 9.78 Å². The summed E-state index contributed by atoms with van der Waals surface area (Å²) in [7, 11) is 0. The van der Waals surface area contributed by atoms with E-state index in [1.807, 2.05) is 32.0 Å². The van der Waals surface area contributed by atoms with Gasteiger partial charge in [-0.15, -0.1) is 0 Å². The molecule has 0 aliphatic rings. The Hall–Kier alpha value is -2.88. The lowest BCUT2D eigenvalue weighted by molar-refractivity contribution is 0.0940. The molecule has 4 nitrogen and oxygen atoms in total. The minimum absolute atomic E-state index is 0.0663. The Morgan fingerprint density at radius 3 is 2.52 bits per heavy atom. The van der Waals surface area contributed by atoms with Crippen molar-refractivity contribution in [1.29, 1.82) is 0 Å². The van der Waals surface area contributed by atoms with Crippen LogP contribution in [0.15, 0.2) is 54.7 Å². The topological polar surface area (TPSA) is 46.9 Å². The molecule has 0 atom stereocenters. The molecular weight excluding hydrogens is 310 g/mol. The second kappa shape index (κ2) is 7.34. The molecule has 0 bridgehead atoms. The number of carbonyl (C=O) groups excluding carboxylic acids is 1. The number of hydrogen-bond acceptors (Lipinski definition) is 2. The van der Waals surface area contributed by atoms with Crippen molar-refractivity contribution in [2.75, 3.05) is 0 Å². The van der Waals surface area contributed by atoms with Gasteiger partial charge in [0.15, 0.2) is 0 Å². The van der Waals surface area contributed by atoms with Gasteiger partial charge in [0.25, 0.3) is 5.91 Å². The quantitative estimate of drug-likeness (QED) is 0.772. The van der Waals surface area contributed by atoms with Crippen LogP contribution in [0, 0.1) is 20.8 Å². The maximum absolute atomic E-state index is 12.8. The average molecular weight is 333 g/mol. The molecule has 0 aliphatic heterocycles. The first kappa shape index (κ1) is 17.0. The normalized spacial score (nSPS) is 10.7. The number of nitrogens with zero attached hydrogens (tertiary/aromatic N) is 2. The van der Waals surface area contributed by atoms with Gasteiger partial charge in [-0.05, 0) is 50.1 Å². The van der Waals surface area contributed by atoms with Crippen LogP contribution in [0.4, 0.5) is 0 Å². The van der Waals surface area contributed by atoms with E-state index < -0.39 is 0 Å². The summed E-state index contributed by atoms with van der Waals surface area (Å²) in [6.07, 6.45) is 1.73. The Kier molecular flexibility index (Phi) is 4.98. The van der Waals surface area contributed by atoms with Crippen molar-refractivity contribution in [3.05, 3.63) is 88.5 Å². The van der Waals surface area contributed by atoms with E-state index in [2.05, 4.69) is 52.1 Å². The fourth-order valence-corrected chi connectivity index (χ4v) is 2.99. The molecule has 0 unspecified atom stereocenters. The Balaban J connectivity index is 1.80. The summed E-state index contributed by atoms with van der Waals surface area (Å²) in [6, 6.07) is 16.2. The van der Waals surface area contributed by atoms with Crippen LogP contribution in [-0.4, -0.2) is 15.5 Å². The van der Waals surface area contributed by atoms with Crippen LogP contribution in [-0.2, 0) is 13.1 Å². The van der Waals surface area contributed by atoms with Crippen LogP contribution in [0.1, 0.15) is 38.6 Å². The van der Waals surface area contributed by atoms with Crippen LogP contribution in [0.2, 0.25) is 0 Å². The number of amides is 1. The molecule has 0 saturated heterocycles. The number of carbonyl (C=O) groups is 1. The van der Waals surface area contributed by atoms with Gasteiger partial charge in [-0.1, -0.05) is 35.9 Å². The molecule has 1 aromatic carbocycles. The molecule has 2 heterocycles. The standard InChI is InChI=1S/C21H23N3O/c1-15-7-9-18(10-8-15)14-24-17(3)12-16(2)20(24)21(25)23-13-19-6-4-5-11-22-19/h4-12H,13-14H2,1-3H3,(H,23,25). The van der Waals surface area contributed by atoms with Gasteiger partial charge in [0.1, 0.15) is 5.69 Å². The molecular formula is C21H23N3O. The zero-order valence-electron chi connectivity index (χ0n) is 14.9. The van der Waals surface area contributed by atoms with Crippen molar-refractivity contribution >= 4 is 5.91 Å². The second-order valence-electron chi connectivity index (χ2n) is 6.39. The molecule has 1 amide bonds. The number of aromatic nitrogens is 2. The van der Waals surface area contributed by atoms with Gasteiger partial charge in [-0.25, -0.2) is 0 Å². The zero-order chi connectivity index (χ0) is 17.8. The minimum Gasteiger partial charge on any atom is -0.345 e. The molecule has 2 aromatic heterocycles. The molecule has 1 N–H and O–H groups in total. The van der Waals surface area contributed by atoms with E-state index in [-0.39, 0.29) is 5.91 Å². The molecule has 0 aliphatic carbocycles. The Labute approximate surface area is 148 Å². The van der Waals surface area contributed by atoms with Crippen molar-refractivity contribution in [3.8, 4) is 0 Å². The first-order valence-electron chi connectivity index (χ1n) is 8.45. The highest BCUT2D eigenvalue weighted by molar-refractivity contribution is 5.94. The summed E-state index contributed by atoms with van der Waals surface area (Å²) in [5, 5.41) is 2.98. The van der Waals surface area contributed by atoms with E-state index in [1.54, 1.807) is 6.20 Å². The molecule has 128 valence electrons. The minimum atomic E-state index is -0.0663. The van der Waals surface area contributed by atoms with Gasteiger partial charge in [0.05, 0.1) is 12.2 Å². The molecule has 0 spiro atoms. The van der Waals surface area contributed by atoms with Crippen molar-refractivity contribution in [3.63, 3.8) is 0 Å². The highest BCUT2D eigenvalue weighted by Gasteiger charge is 2.17. The van der Waals surface area contributed by atoms with Gasteiger partial charge in [-0.2, -0.15) is 0 Å². The lowest BCUT2D eigenvalue weighted by atomic mass is 10.1. The van der Waals surface area contributed by atoms with Gasteiger partial charge in [0.2, 0.25) is 0 Å². The van der Waals surface area contributed by atoms with E-state index in [4.69, 9.17) is 0 Å². The summed E-state index contributed by atoms with van der Waals surface area (Å²) in [6.45, 7) is 7.20. The predicted molar refractivity (Wildman–Crippen MR) is 99.6 cm³/mol. The molecule has 3 rings (SSSR count). The average Bonchev–Trinajstić information content (AvgIpc) is 2.89. The van der Waals surface area contributed by atoms with E-state index in [0.29, 0.717) is 18.8 Å². The smallest absolute Gasteiger partial charge is 0.268 e. The predicted octanol–water partition coefficient (Wildman–Crippen LogP) is 3.79. The summed E-state index contributed by atoms with van der Waals surface area (Å²) in [4.78, 5) is 17.0. The van der Waals surface area contributed by atoms with Crippen LogP contribution in [0.5, 0.6) is 0 Å². The van der Waals surface area contributed by atoms with Crippen molar-refractivity contribution in [1.82, 2.24) is 14.9 Å². The first-order valence-corrected chi connectivity index (χ1v) is 8.45. The molecule has 4 heteroatoms. The summed E-state index contributed by atoms with van der Waals surface area (Å²) in [5.41, 5.74) is 6.06. The lowest BCUT2D eigenvalue weighted by Crippen LogP contribution is -2.27. The van der Waals surface area contributed by atoms with Crippen molar-refractivity contribution in [2.45, 2.75) is 33.9 Å². The number of aryl methyl sites for hydroxylation is 3. The number of benzene rings is 1.